The van der Waals surface area contributed by atoms with E-state index in [-0.39, 0.29) is 0 Å². The predicted molar refractivity (Wildman–Crippen MR) is 121 cm³/mol. The molecule has 3 aromatic rings. The quantitative estimate of drug-likeness (QED) is 0.632. The molecule has 0 bridgehead atoms. The van der Waals surface area contributed by atoms with Crippen LogP contribution in [0.4, 0.5) is 5.82 Å². The molecule has 9 heteroatoms. The van der Waals surface area contributed by atoms with Crippen molar-refractivity contribution in [3.63, 3.8) is 0 Å². The standard InChI is InChI=1S/C22H29N7OS/c1-2-5-16-15(4-1)20-21(23-8-7-19-27-26-18-6-3-9-29(18)19)24-17(25-22(20)31-16)14-28-10-12-30-13-11-28/h1-14H2,(H,23,24,25). The van der Waals surface area contributed by atoms with E-state index in [0.717, 1.165) is 93.3 Å². The number of hydrogen-bond donors (Lipinski definition) is 1. The molecule has 1 N–H and O–H groups in total. The van der Waals surface area contributed by atoms with E-state index in [4.69, 9.17) is 14.7 Å². The third kappa shape index (κ3) is 3.83. The summed E-state index contributed by atoms with van der Waals surface area (Å²) in [4.78, 5) is 15.1. The molecule has 1 saturated heterocycles. The number of aromatic nitrogens is 5. The van der Waals surface area contributed by atoms with Gasteiger partial charge in [0.25, 0.3) is 0 Å². The topological polar surface area (TPSA) is 81.0 Å². The van der Waals surface area contributed by atoms with Gasteiger partial charge in [0.2, 0.25) is 0 Å². The molecule has 0 radical (unpaired) electrons. The van der Waals surface area contributed by atoms with Gasteiger partial charge in [0, 0.05) is 43.9 Å². The van der Waals surface area contributed by atoms with E-state index in [1.807, 2.05) is 11.3 Å². The number of anilines is 1. The van der Waals surface area contributed by atoms with Gasteiger partial charge in [-0.2, -0.15) is 0 Å². The van der Waals surface area contributed by atoms with Crippen molar-refractivity contribution in [3.05, 3.63) is 27.9 Å². The lowest BCUT2D eigenvalue weighted by molar-refractivity contribution is 0.0331. The monoisotopic (exact) mass is 439 g/mol. The largest absolute Gasteiger partial charge is 0.379 e. The molecule has 3 aromatic heterocycles. The highest BCUT2D eigenvalue weighted by molar-refractivity contribution is 7.19. The highest BCUT2D eigenvalue weighted by Crippen LogP contribution is 2.38. The molecule has 8 nitrogen and oxygen atoms in total. The lowest BCUT2D eigenvalue weighted by Crippen LogP contribution is -2.36. The number of hydrogen-bond acceptors (Lipinski definition) is 8. The first-order valence-electron chi connectivity index (χ1n) is 11.6. The van der Waals surface area contributed by atoms with E-state index in [0.29, 0.717) is 0 Å². The SMILES string of the molecule is C1CCc2c(sc3nc(CN4CCOCC4)nc(NCCc4nnc5n4CCC5)c23)C1. The van der Waals surface area contributed by atoms with Crippen LogP contribution in [-0.2, 0) is 43.5 Å². The predicted octanol–water partition coefficient (Wildman–Crippen LogP) is 2.59. The summed E-state index contributed by atoms with van der Waals surface area (Å²) in [6.45, 7) is 6.13. The molecule has 0 amide bonds. The molecule has 0 saturated carbocycles. The summed E-state index contributed by atoms with van der Waals surface area (Å²) in [5.41, 5.74) is 1.48. The minimum Gasteiger partial charge on any atom is -0.379 e. The maximum atomic E-state index is 5.50. The lowest BCUT2D eigenvalue weighted by Gasteiger charge is -2.25. The number of fused-ring (bicyclic) bond motifs is 4. The van der Waals surface area contributed by atoms with Crippen molar-refractivity contribution < 1.29 is 4.74 Å². The van der Waals surface area contributed by atoms with Crippen LogP contribution in [0.2, 0.25) is 0 Å². The molecule has 164 valence electrons. The first kappa shape index (κ1) is 19.6. The molecule has 6 rings (SSSR count). The van der Waals surface area contributed by atoms with Crippen LogP contribution in [0.15, 0.2) is 0 Å². The second kappa shape index (κ2) is 8.44. The van der Waals surface area contributed by atoms with Gasteiger partial charge in [-0.1, -0.05) is 0 Å². The van der Waals surface area contributed by atoms with Gasteiger partial charge < -0.3 is 14.6 Å². The molecule has 0 aromatic carbocycles. The molecule has 3 aliphatic rings. The van der Waals surface area contributed by atoms with Crippen LogP contribution in [0.5, 0.6) is 0 Å². The molecule has 0 atom stereocenters. The van der Waals surface area contributed by atoms with Crippen LogP contribution in [0, 0.1) is 0 Å². The molecule has 0 unspecified atom stereocenters. The fourth-order valence-corrected chi connectivity index (χ4v) is 6.33. The van der Waals surface area contributed by atoms with Crippen molar-refractivity contribution in [3.8, 4) is 0 Å². The Labute approximate surface area is 186 Å². The number of rotatable bonds is 6. The van der Waals surface area contributed by atoms with Gasteiger partial charge in [0.1, 0.15) is 28.1 Å². The van der Waals surface area contributed by atoms with E-state index in [9.17, 15) is 0 Å². The van der Waals surface area contributed by atoms with Gasteiger partial charge in [-0.25, -0.2) is 9.97 Å². The molecule has 2 aliphatic heterocycles. The average molecular weight is 440 g/mol. The van der Waals surface area contributed by atoms with E-state index in [1.54, 1.807) is 0 Å². The van der Waals surface area contributed by atoms with Crippen LogP contribution in [-0.4, -0.2) is 62.5 Å². The zero-order valence-corrected chi connectivity index (χ0v) is 18.7. The molecule has 5 heterocycles. The molecule has 0 spiro atoms. The Balaban J connectivity index is 1.27. The maximum absolute atomic E-state index is 5.50. The Morgan fingerprint density at radius 2 is 1.87 bits per heavy atom. The number of ether oxygens (including phenoxy) is 1. The Hall–Kier alpha value is -2.10. The van der Waals surface area contributed by atoms with Gasteiger partial charge in [0.15, 0.2) is 0 Å². The van der Waals surface area contributed by atoms with Gasteiger partial charge in [-0.15, -0.1) is 21.5 Å². The summed E-state index contributed by atoms with van der Waals surface area (Å²) in [6, 6.07) is 0. The van der Waals surface area contributed by atoms with Crippen molar-refractivity contribution >= 4 is 27.4 Å². The van der Waals surface area contributed by atoms with Gasteiger partial charge in [-0.05, 0) is 37.7 Å². The molecular weight excluding hydrogens is 410 g/mol. The van der Waals surface area contributed by atoms with Gasteiger partial charge in [0.05, 0.1) is 25.1 Å². The second-order valence-electron chi connectivity index (χ2n) is 8.73. The van der Waals surface area contributed by atoms with Crippen LogP contribution >= 0.6 is 11.3 Å². The second-order valence-corrected chi connectivity index (χ2v) is 9.82. The summed E-state index contributed by atoms with van der Waals surface area (Å²) in [6.07, 6.45) is 7.98. The Morgan fingerprint density at radius 3 is 2.81 bits per heavy atom. The first-order chi connectivity index (χ1) is 15.3. The lowest BCUT2D eigenvalue weighted by atomic mass is 9.97. The maximum Gasteiger partial charge on any atom is 0.146 e. The highest BCUT2D eigenvalue weighted by Gasteiger charge is 2.23. The summed E-state index contributed by atoms with van der Waals surface area (Å²) < 4.78 is 7.79. The normalized spacial score (nSPS) is 19.0. The Bertz CT molecular complexity index is 1090. The van der Waals surface area contributed by atoms with Gasteiger partial charge >= 0.3 is 0 Å². The number of morpholine rings is 1. The summed E-state index contributed by atoms with van der Waals surface area (Å²) in [7, 11) is 0. The van der Waals surface area contributed by atoms with E-state index in [2.05, 4.69) is 25.0 Å². The Kier molecular flexibility index (Phi) is 5.33. The zero-order chi connectivity index (χ0) is 20.6. The van der Waals surface area contributed by atoms with E-state index >= 15 is 0 Å². The number of nitrogens with one attached hydrogen (secondary N) is 1. The third-order valence-electron chi connectivity index (χ3n) is 6.66. The van der Waals surface area contributed by atoms with Crippen molar-refractivity contribution in [2.75, 3.05) is 38.2 Å². The summed E-state index contributed by atoms with van der Waals surface area (Å²) in [5, 5.41) is 13.7. The molecule has 1 aliphatic carbocycles. The summed E-state index contributed by atoms with van der Waals surface area (Å²) in [5.74, 6) is 4.15. The summed E-state index contributed by atoms with van der Waals surface area (Å²) >= 11 is 1.88. The molecule has 1 fully saturated rings. The minimum absolute atomic E-state index is 0.786. The third-order valence-corrected chi connectivity index (χ3v) is 7.84. The smallest absolute Gasteiger partial charge is 0.146 e. The van der Waals surface area contributed by atoms with Crippen molar-refractivity contribution in [2.24, 2.45) is 0 Å². The van der Waals surface area contributed by atoms with Crippen LogP contribution < -0.4 is 5.32 Å². The van der Waals surface area contributed by atoms with Crippen molar-refractivity contribution in [1.82, 2.24) is 29.6 Å². The van der Waals surface area contributed by atoms with Crippen LogP contribution in [0.1, 0.15) is 47.2 Å². The van der Waals surface area contributed by atoms with Crippen LogP contribution in [0.3, 0.4) is 0 Å². The fraction of sp³-hybridized carbons (Fsp3) is 0.636. The Morgan fingerprint density at radius 1 is 0.968 bits per heavy atom. The van der Waals surface area contributed by atoms with E-state index < -0.39 is 0 Å². The van der Waals surface area contributed by atoms with E-state index in [1.165, 1.54) is 41.5 Å². The average Bonchev–Trinajstić information content (AvgIpc) is 3.49. The fourth-order valence-electron chi connectivity index (χ4n) is 5.05. The highest BCUT2D eigenvalue weighted by atomic mass is 32.1. The molecular formula is C22H29N7OS. The van der Waals surface area contributed by atoms with Crippen molar-refractivity contribution in [1.29, 1.82) is 0 Å². The number of nitrogens with zero attached hydrogens (tertiary/aromatic N) is 6. The molecule has 31 heavy (non-hydrogen) atoms. The zero-order valence-electron chi connectivity index (χ0n) is 17.9. The van der Waals surface area contributed by atoms with Crippen molar-refractivity contribution in [2.45, 2.75) is 58.0 Å². The van der Waals surface area contributed by atoms with Crippen LogP contribution in [0.25, 0.3) is 10.2 Å². The number of aryl methyl sites for hydroxylation is 3. The number of thiophene rings is 1. The first-order valence-corrected chi connectivity index (χ1v) is 12.4. The van der Waals surface area contributed by atoms with Gasteiger partial charge in [-0.3, -0.25) is 4.90 Å². The minimum atomic E-state index is 0.786.